The molecule has 0 aliphatic rings. The number of sulfonamides is 1. The molecule has 94 valence electrons. The van der Waals surface area contributed by atoms with E-state index in [1.54, 1.807) is 12.1 Å². The highest BCUT2D eigenvalue weighted by Gasteiger charge is 2.17. The van der Waals surface area contributed by atoms with Crippen LogP contribution in [0.3, 0.4) is 0 Å². The van der Waals surface area contributed by atoms with Crippen LogP contribution in [0.4, 0.5) is 11.5 Å². The van der Waals surface area contributed by atoms with Crippen molar-refractivity contribution in [3.8, 4) is 0 Å². The Bertz CT molecular complexity index is 658. The van der Waals surface area contributed by atoms with Gasteiger partial charge in [-0.25, -0.2) is 8.42 Å². The number of hydrogen-bond acceptors (Lipinski definition) is 5. The number of halogens is 1. The number of para-hydroxylation sites is 1. The Balaban J connectivity index is 2.33. The predicted molar refractivity (Wildman–Crippen MR) is 68.7 cm³/mol. The Morgan fingerprint density at radius 1 is 1.11 bits per heavy atom. The summed E-state index contributed by atoms with van der Waals surface area (Å²) in [7, 11) is -3.78. The summed E-state index contributed by atoms with van der Waals surface area (Å²) >= 11 is 5.55. The molecule has 0 amide bonds. The molecule has 8 heteroatoms. The van der Waals surface area contributed by atoms with Gasteiger partial charge in [0, 0.05) is 0 Å². The average Bonchev–Trinajstić information content (AvgIpc) is 2.32. The molecule has 0 saturated heterocycles. The number of benzene rings is 1. The summed E-state index contributed by atoms with van der Waals surface area (Å²) in [5.41, 5.74) is 5.77. The molecular weight excluding hydrogens is 276 g/mol. The number of rotatable bonds is 3. The predicted octanol–water partition coefficient (Wildman–Crippen LogP) is 1.51. The standard InChI is InChI=1S/C10H9ClN4O2S/c11-9-5-6-10(14-13-9)15-18(16,17)8-4-2-1-3-7(8)12/h1-6H,12H2,(H,14,15). The normalized spacial score (nSPS) is 11.2. The summed E-state index contributed by atoms with van der Waals surface area (Å²) in [6.07, 6.45) is 0. The fraction of sp³-hybridized carbons (Fsp3) is 0. The van der Waals surface area contributed by atoms with Crippen LogP contribution in [-0.2, 0) is 10.0 Å². The van der Waals surface area contributed by atoms with Gasteiger partial charge in [0.05, 0.1) is 5.69 Å². The SMILES string of the molecule is Nc1ccccc1S(=O)(=O)Nc1ccc(Cl)nn1. The molecule has 1 aromatic carbocycles. The minimum Gasteiger partial charge on any atom is -0.398 e. The molecule has 1 aromatic heterocycles. The minimum atomic E-state index is -3.78. The zero-order valence-electron chi connectivity index (χ0n) is 9.04. The van der Waals surface area contributed by atoms with Crippen molar-refractivity contribution in [2.45, 2.75) is 4.90 Å². The molecule has 18 heavy (non-hydrogen) atoms. The largest absolute Gasteiger partial charge is 0.398 e. The molecule has 6 nitrogen and oxygen atoms in total. The molecule has 2 rings (SSSR count). The third kappa shape index (κ3) is 2.69. The third-order valence-corrected chi connectivity index (χ3v) is 3.71. The molecule has 3 N–H and O–H groups in total. The van der Waals surface area contributed by atoms with E-state index in [1.807, 2.05) is 0 Å². The first-order valence-electron chi connectivity index (χ1n) is 4.85. The third-order valence-electron chi connectivity index (χ3n) is 2.08. The maximum atomic E-state index is 12.0. The lowest BCUT2D eigenvalue weighted by molar-refractivity contribution is 0.601. The Morgan fingerprint density at radius 3 is 2.44 bits per heavy atom. The van der Waals surface area contributed by atoms with E-state index < -0.39 is 10.0 Å². The van der Waals surface area contributed by atoms with E-state index >= 15 is 0 Å². The van der Waals surface area contributed by atoms with Crippen molar-refractivity contribution in [1.82, 2.24) is 10.2 Å². The van der Waals surface area contributed by atoms with E-state index in [0.717, 1.165) is 0 Å². The zero-order valence-corrected chi connectivity index (χ0v) is 10.6. The molecule has 0 unspecified atom stereocenters. The molecule has 0 saturated carbocycles. The van der Waals surface area contributed by atoms with Gasteiger partial charge in [0.2, 0.25) is 0 Å². The summed E-state index contributed by atoms with van der Waals surface area (Å²) in [6.45, 7) is 0. The number of anilines is 2. The summed E-state index contributed by atoms with van der Waals surface area (Å²) in [5, 5.41) is 7.32. The van der Waals surface area contributed by atoms with Crippen molar-refractivity contribution < 1.29 is 8.42 Å². The smallest absolute Gasteiger partial charge is 0.265 e. The Hall–Kier alpha value is -1.86. The van der Waals surface area contributed by atoms with Gasteiger partial charge >= 0.3 is 0 Å². The van der Waals surface area contributed by atoms with Gasteiger partial charge in [-0.2, -0.15) is 0 Å². The lowest BCUT2D eigenvalue weighted by Gasteiger charge is -2.08. The highest BCUT2D eigenvalue weighted by Crippen LogP contribution is 2.20. The lowest BCUT2D eigenvalue weighted by atomic mass is 10.3. The monoisotopic (exact) mass is 284 g/mol. The molecule has 0 aliphatic heterocycles. The van der Waals surface area contributed by atoms with Gasteiger partial charge in [-0.3, -0.25) is 4.72 Å². The van der Waals surface area contributed by atoms with Gasteiger partial charge in [-0.15, -0.1) is 10.2 Å². The fourth-order valence-electron chi connectivity index (χ4n) is 1.29. The quantitative estimate of drug-likeness (QED) is 0.833. The van der Waals surface area contributed by atoms with E-state index in [2.05, 4.69) is 14.9 Å². The molecule has 0 fully saturated rings. The first kappa shape index (κ1) is 12.6. The highest BCUT2D eigenvalue weighted by atomic mass is 35.5. The molecule has 0 aliphatic carbocycles. The second kappa shape index (κ2) is 4.79. The van der Waals surface area contributed by atoms with Crippen LogP contribution in [0.25, 0.3) is 0 Å². The maximum absolute atomic E-state index is 12.0. The molecule has 0 spiro atoms. The number of nitrogens with one attached hydrogen (secondary N) is 1. The van der Waals surface area contributed by atoms with Crippen molar-refractivity contribution in [3.63, 3.8) is 0 Å². The van der Waals surface area contributed by atoms with Gasteiger partial charge in [0.15, 0.2) is 11.0 Å². The second-order valence-electron chi connectivity index (χ2n) is 3.38. The molecular formula is C10H9ClN4O2S. The minimum absolute atomic E-state index is 0.0123. The topological polar surface area (TPSA) is 98.0 Å². The summed E-state index contributed by atoms with van der Waals surface area (Å²) in [6, 6.07) is 8.98. The average molecular weight is 285 g/mol. The van der Waals surface area contributed by atoms with Crippen LogP contribution < -0.4 is 10.5 Å². The van der Waals surface area contributed by atoms with Crippen LogP contribution in [0.15, 0.2) is 41.3 Å². The number of hydrogen-bond donors (Lipinski definition) is 2. The van der Waals surface area contributed by atoms with Gasteiger partial charge in [0.1, 0.15) is 4.90 Å². The number of nitrogens with zero attached hydrogens (tertiary/aromatic N) is 2. The molecule has 0 bridgehead atoms. The van der Waals surface area contributed by atoms with E-state index in [4.69, 9.17) is 17.3 Å². The first-order valence-corrected chi connectivity index (χ1v) is 6.72. The maximum Gasteiger partial charge on any atom is 0.265 e. The Kier molecular flexibility index (Phi) is 3.35. The van der Waals surface area contributed by atoms with Crippen molar-refractivity contribution in [3.05, 3.63) is 41.6 Å². The van der Waals surface area contributed by atoms with Crippen LogP contribution in [-0.4, -0.2) is 18.6 Å². The molecule has 2 aromatic rings. The van der Waals surface area contributed by atoms with Crippen molar-refractivity contribution in [1.29, 1.82) is 0 Å². The Morgan fingerprint density at radius 2 is 1.83 bits per heavy atom. The van der Waals surface area contributed by atoms with Crippen LogP contribution >= 0.6 is 11.6 Å². The molecule has 1 heterocycles. The highest BCUT2D eigenvalue weighted by molar-refractivity contribution is 7.92. The van der Waals surface area contributed by atoms with Crippen molar-refractivity contribution in [2.75, 3.05) is 10.5 Å². The number of nitrogens with two attached hydrogens (primary N) is 1. The number of aromatic nitrogens is 2. The Labute approximate surface area is 109 Å². The van der Waals surface area contributed by atoms with E-state index in [1.165, 1.54) is 24.3 Å². The zero-order chi connectivity index (χ0) is 13.2. The van der Waals surface area contributed by atoms with Crippen LogP contribution in [0, 0.1) is 0 Å². The van der Waals surface area contributed by atoms with Crippen LogP contribution in [0.2, 0.25) is 5.15 Å². The van der Waals surface area contributed by atoms with E-state index in [-0.39, 0.29) is 21.6 Å². The van der Waals surface area contributed by atoms with Gasteiger partial charge in [-0.05, 0) is 24.3 Å². The second-order valence-corrected chi connectivity index (χ2v) is 5.42. The van der Waals surface area contributed by atoms with E-state index in [9.17, 15) is 8.42 Å². The number of nitrogen functional groups attached to an aromatic ring is 1. The van der Waals surface area contributed by atoms with Gasteiger partial charge in [0.25, 0.3) is 10.0 Å². The summed E-state index contributed by atoms with van der Waals surface area (Å²) in [4.78, 5) is -0.0123. The van der Waals surface area contributed by atoms with Crippen molar-refractivity contribution >= 4 is 33.1 Å². The first-order chi connectivity index (χ1) is 8.49. The van der Waals surface area contributed by atoms with Crippen molar-refractivity contribution in [2.24, 2.45) is 0 Å². The van der Waals surface area contributed by atoms with E-state index in [0.29, 0.717) is 0 Å². The van der Waals surface area contributed by atoms with Crippen LogP contribution in [0.5, 0.6) is 0 Å². The molecule has 0 radical (unpaired) electrons. The lowest BCUT2D eigenvalue weighted by Crippen LogP contribution is -2.15. The van der Waals surface area contributed by atoms with Crippen LogP contribution in [0.1, 0.15) is 0 Å². The fourth-order valence-corrected chi connectivity index (χ4v) is 2.52. The summed E-state index contributed by atoms with van der Waals surface area (Å²) < 4.78 is 26.3. The van der Waals surface area contributed by atoms with Gasteiger partial charge in [-0.1, -0.05) is 23.7 Å². The summed E-state index contributed by atoms with van der Waals surface area (Å²) in [5.74, 6) is 0.0719. The molecule has 0 atom stereocenters. The van der Waals surface area contributed by atoms with Gasteiger partial charge < -0.3 is 5.73 Å².